The molecular weight excluding hydrogens is 643 g/mol. The summed E-state index contributed by atoms with van der Waals surface area (Å²) in [6, 6.07) is 33.0. The van der Waals surface area contributed by atoms with E-state index in [0.29, 0.717) is 0 Å². The summed E-state index contributed by atoms with van der Waals surface area (Å²) < 4.78 is 1.42. The minimum atomic E-state index is 0. The van der Waals surface area contributed by atoms with E-state index in [0.717, 1.165) is 12.8 Å². The molecule has 3 heteroatoms. The van der Waals surface area contributed by atoms with E-state index in [1.54, 1.807) is 16.7 Å². The molecule has 0 saturated heterocycles. The van der Waals surface area contributed by atoms with Gasteiger partial charge in [0.05, 0.1) is 0 Å². The summed E-state index contributed by atoms with van der Waals surface area (Å²) in [5.74, 6) is 0. The van der Waals surface area contributed by atoms with Crippen LogP contribution in [0.5, 0.6) is 0 Å². The van der Waals surface area contributed by atoms with E-state index in [1.807, 2.05) is 0 Å². The Kier molecular flexibility index (Phi) is 14.0. The van der Waals surface area contributed by atoms with Crippen LogP contribution < -0.4 is 24.8 Å². The average Bonchev–Trinajstić information content (AvgIpc) is 3.68. The van der Waals surface area contributed by atoms with Gasteiger partial charge in [-0.1, -0.05) is 104 Å². The molecule has 0 unspecified atom stereocenters. The van der Waals surface area contributed by atoms with Gasteiger partial charge in [0, 0.05) is 0 Å². The molecule has 43 heavy (non-hydrogen) atoms. The molecule has 0 aliphatic heterocycles. The Morgan fingerprint density at radius 2 is 1.33 bits per heavy atom. The van der Waals surface area contributed by atoms with E-state index in [9.17, 15) is 0 Å². The normalized spacial score (nSPS) is 11.9. The quantitative estimate of drug-likeness (QED) is 0.198. The van der Waals surface area contributed by atoms with Crippen LogP contribution in [0.15, 0.2) is 109 Å². The third-order valence-electron chi connectivity index (χ3n) is 8.08. The second-order valence-corrected chi connectivity index (χ2v) is 12.3. The molecule has 0 fully saturated rings. The van der Waals surface area contributed by atoms with Gasteiger partial charge in [0.1, 0.15) is 0 Å². The fraction of sp³-hybridized carbons (Fsp3) is 0.250. The molecule has 6 rings (SSSR count). The Morgan fingerprint density at radius 3 is 1.88 bits per heavy atom. The molecule has 0 aromatic heterocycles. The predicted octanol–water partition coefficient (Wildman–Crippen LogP) is 4.72. The van der Waals surface area contributed by atoms with Crippen molar-refractivity contribution in [2.75, 3.05) is 0 Å². The van der Waals surface area contributed by atoms with Crippen molar-refractivity contribution >= 4 is 30.3 Å². The first kappa shape index (κ1) is 35.0. The summed E-state index contributed by atoms with van der Waals surface area (Å²) in [6.07, 6.45) is 15.1. The van der Waals surface area contributed by atoms with Crippen LogP contribution in [-0.2, 0) is 43.5 Å². The van der Waals surface area contributed by atoms with E-state index in [4.69, 9.17) is 0 Å². The molecular formula is C40H41Cl2Zr-. The molecule has 0 atom stereocenters. The number of aryl methyl sites for hydroxylation is 2. The van der Waals surface area contributed by atoms with Gasteiger partial charge in [0.15, 0.2) is 0 Å². The van der Waals surface area contributed by atoms with Gasteiger partial charge in [-0.3, -0.25) is 0 Å². The SMILES string of the molecule is CCCc1cc2c([cH-]c3cccc(CCC)c32)c(C2=CC=CC2)c1CCC.[Cl-].[Cl-].[Zr+2]=[C](c1ccccc1)c1ccccc1. The van der Waals surface area contributed by atoms with Gasteiger partial charge >= 0.3 is 99.2 Å². The first-order chi connectivity index (χ1) is 20.2. The van der Waals surface area contributed by atoms with Crippen LogP contribution in [0.2, 0.25) is 0 Å². The van der Waals surface area contributed by atoms with E-state index in [-0.39, 0.29) is 24.8 Å². The first-order valence-electron chi connectivity index (χ1n) is 15.4. The summed E-state index contributed by atoms with van der Waals surface area (Å²) in [5.41, 5.74) is 10.4. The Labute approximate surface area is 285 Å². The molecule has 0 spiro atoms. The van der Waals surface area contributed by atoms with Gasteiger partial charge in [-0.25, -0.2) is 0 Å². The van der Waals surface area contributed by atoms with Crippen molar-refractivity contribution in [2.45, 2.75) is 65.7 Å². The average molecular weight is 684 g/mol. The van der Waals surface area contributed by atoms with Crippen molar-refractivity contribution in [1.29, 1.82) is 0 Å². The minimum absolute atomic E-state index is 0. The summed E-state index contributed by atoms with van der Waals surface area (Å²) in [7, 11) is 0. The number of fused-ring (bicyclic) bond motifs is 3. The maximum atomic E-state index is 2.54. The summed E-state index contributed by atoms with van der Waals surface area (Å²) >= 11 is 1.46. The van der Waals surface area contributed by atoms with E-state index < -0.39 is 0 Å². The summed E-state index contributed by atoms with van der Waals surface area (Å²) in [5, 5.41) is 5.88. The molecule has 0 amide bonds. The van der Waals surface area contributed by atoms with Crippen LogP contribution in [0.3, 0.4) is 0 Å². The van der Waals surface area contributed by atoms with Crippen molar-refractivity contribution in [3.63, 3.8) is 0 Å². The standard InChI is InChI=1S/C27H31.C13H10.2ClH.Zr/c1-4-10-19-15-9-16-22-18-25-24(26(19)22)17-21(11-5-2)23(12-6-3)27(25)20-13-7-8-14-20;1-3-7-12(8-4-1)11-13-9-5-2-6-10-13;;;/h7-9,13,15-18H,4-6,10-12,14H2,1-3H3;1-10H;2*1H;/q-1;;;;+2/p-2. The number of benzene rings is 4. The number of rotatable bonds is 9. The van der Waals surface area contributed by atoms with Crippen molar-refractivity contribution in [3.8, 4) is 0 Å². The topological polar surface area (TPSA) is 0 Å². The van der Waals surface area contributed by atoms with Crippen molar-refractivity contribution in [2.24, 2.45) is 0 Å². The zero-order valence-electron chi connectivity index (χ0n) is 25.6. The van der Waals surface area contributed by atoms with E-state index in [1.165, 1.54) is 103 Å². The molecule has 1 aliphatic rings. The van der Waals surface area contributed by atoms with Crippen LogP contribution in [0.25, 0.3) is 27.1 Å². The van der Waals surface area contributed by atoms with Gasteiger partial charge in [-0.15, -0.1) is 33.7 Å². The van der Waals surface area contributed by atoms with Crippen LogP contribution in [0.4, 0.5) is 0 Å². The second kappa shape index (κ2) is 17.2. The summed E-state index contributed by atoms with van der Waals surface area (Å²) in [6.45, 7) is 6.90. The zero-order valence-corrected chi connectivity index (χ0v) is 29.6. The maximum absolute atomic E-state index is 2.54. The molecule has 0 radical (unpaired) electrons. The van der Waals surface area contributed by atoms with Crippen LogP contribution in [-0.4, -0.2) is 3.21 Å². The molecule has 220 valence electrons. The monoisotopic (exact) mass is 681 g/mol. The Morgan fingerprint density at radius 1 is 0.721 bits per heavy atom. The Balaban J connectivity index is 0.000000269. The molecule has 0 heterocycles. The molecule has 5 aromatic rings. The number of halogens is 2. The van der Waals surface area contributed by atoms with Crippen molar-refractivity contribution < 1.29 is 49.0 Å². The fourth-order valence-corrected chi connectivity index (χ4v) is 7.08. The zero-order chi connectivity index (χ0) is 28.6. The predicted molar refractivity (Wildman–Crippen MR) is 177 cm³/mol. The fourth-order valence-electron chi connectivity index (χ4n) is 6.26. The molecule has 1 aliphatic carbocycles. The van der Waals surface area contributed by atoms with Crippen molar-refractivity contribution in [1.82, 2.24) is 0 Å². The molecule has 0 bridgehead atoms. The first-order valence-corrected chi connectivity index (χ1v) is 16.6. The van der Waals surface area contributed by atoms with Crippen LogP contribution in [0.1, 0.15) is 79.8 Å². The Hall–Kier alpha value is -2.44. The van der Waals surface area contributed by atoms with E-state index in [2.05, 4.69) is 130 Å². The van der Waals surface area contributed by atoms with Gasteiger partial charge < -0.3 is 24.8 Å². The number of hydrogen-bond acceptors (Lipinski definition) is 0. The third kappa shape index (κ3) is 7.99. The van der Waals surface area contributed by atoms with E-state index >= 15 is 0 Å². The van der Waals surface area contributed by atoms with Gasteiger partial charge in [-0.05, 0) is 25.7 Å². The number of hydrogen-bond donors (Lipinski definition) is 0. The number of allylic oxidation sites excluding steroid dienone is 4. The van der Waals surface area contributed by atoms with Gasteiger partial charge in [-0.2, -0.15) is 0 Å². The second-order valence-electron chi connectivity index (χ2n) is 11.1. The van der Waals surface area contributed by atoms with Crippen molar-refractivity contribution in [3.05, 3.63) is 143 Å². The van der Waals surface area contributed by atoms with Crippen LogP contribution >= 0.6 is 0 Å². The molecule has 0 saturated carbocycles. The summed E-state index contributed by atoms with van der Waals surface area (Å²) in [4.78, 5) is 0. The third-order valence-corrected chi connectivity index (χ3v) is 9.49. The molecule has 0 N–H and O–H groups in total. The van der Waals surface area contributed by atoms with Gasteiger partial charge in [0.25, 0.3) is 0 Å². The Bertz CT molecular complexity index is 1650. The molecule has 0 nitrogen and oxygen atoms in total. The molecule has 5 aromatic carbocycles. The van der Waals surface area contributed by atoms with Gasteiger partial charge in [0.2, 0.25) is 0 Å². The van der Waals surface area contributed by atoms with Crippen LogP contribution in [0, 0.1) is 0 Å².